The third-order valence-corrected chi connectivity index (χ3v) is 3.74. The molecule has 1 saturated carbocycles. The van der Waals surface area contributed by atoms with Crippen LogP contribution in [0.5, 0.6) is 0 Å². The molecule has 0 bridgehead atoms. The molecule has 0 saturated heterocycles. The molecule has 0 unspecified atom stereocenters. The molecule has 3 N–H and O–H groups in total. The highest BCUT2D eigenvalue weighted by molar-refractivity contribution is 14.0. The molecule has 0 heterocycles. The smallest absolute Gasteiger partial charge is 0.221 e. The first-order valence-corrected chi connectivity index (χ1v) is 8.57. The van der Waals surface area contributed by atoms with E-state index < -0.39 is 0 Å². The first-order valence-electron chi connectivity index (χ1n) is 8.57. The zero-order chi connectivity index (χ0) is 15.3. The lowest BCUT2D eigenvalue weighted by Gasteiger charge is -2.13. The van der Waals surface area contributed by atoms with Crippen LogP contribution < -0.4 is 16.0 Å². The topological polar surface area (TPSA) is 65.5 Å². The Labute approximate surface area is 152 Å². The molecule has 1 fully saturated rings. The number of carbonyl (C=O) groups excluding carboxylic acids is 1. The van der Waals surface area contributed by atoms with Gasteiger partial charge in [-0.1, -0.05) is 32.6 Å². The highest BCUT2D eigenvalue weighted by atomic mass is 127. The van der Waals surface area contributed by atoms with E-state index in [-0.39, 0.29) is 29.9 Å². The number of hydrogen-bond acceptors (Lipinski definition) is 2. The van der Waals surface area contributed by atoms with Crippen LogP contribution in [0.4, 0.5) is 0 Å². The van der Waals surface area contributed by atoms with Gasteiger partial charge in [-0.05, 0) is 26.2 Å². The van der Waals surface area contributed by atoms with Gasteiger partial charge in [0.15, 0.2) is 5.96 Å². The third-order valence-electron chi connectivity index (χ3n) is 3.74. The van der Waals surface area contributed by atoms with Crippen molar-refractivity contribution in [1.82, 2.24) is 16.0 Å². The van der Waals surface area contributed by atoms with Crippen molar-refractivity contribution in [2.75, 3.05) is 19.6 Å². The quantitative estimate of drug-likeness (QED) is 0.231. The van der Waals surface area contributed by atoms with E-state index in [1.165, 1.54) is 25.7 Å². The minimum absolute atomic E-state index is 0. The average molecular weight is 424 g/mol. The Morgan fingerprint density at radius 1 is 1.14 bits per heavy atom. The molecule has 1 aliphatic carbocycles. The van der Waals surface area contributed by atoms with Crippen molar-refractivity contribution in [2.45, 2.75) is 71.3 Å². The largest absolute Gasteiger partial charge is 0.357 e. The predicted molar refractivity (Wildman–Crippen MR) is 104 cm³/mol. The summed E-state index contributed by atoms with van der Waals surface area (Å²) in [6.07, 6.45) is 8.83. The van der Waals surface area contributed by atoms with Crippen LogP contribution in [0.15, 0.2) is 4.99 Å². The van der Waals surface area contributed by atoms with Gasteiger partial charge >= 0.3 is 0 Å². The second-order valence-corrected chi connectivity index (χ2v) is 5.69. The fraction of sp³-hybridized carbons (Fsp3) is 0.875. The molecule has 0 aromatic carbocycles. The van der Waals surface area contributed by atoms with Crippen molar-refractivity contribution in [3.05, 3.63) is 0 Å². The van der Waals surface area contributed by atoms with Crippen LogP contribution in [-0.4, -0.2) is 37.5 Å². The second-order valence-electron chi connectivity index (χ2n) is 5.69. The van der Waals surface area contributed by atoms with Crippen molar-refractivity contribution < 1.29 is 4.79 Å². The predicted octanol–water partition coefficient (Wildman–Crippen LogP) is 2.80. The number of aliphatic imine (C=N–C) groups is 1. The van der Waals surface area contributed by atoms with E-state index in [0.29, 0.717) is 19.0 Å². The van der Waals surface area contributed by atoms with Crippen LogP contribution in [-0.2, 0) is 4.79 Å². The molecule has 130 valence electrons. The summed E-state index contributed by atoms with van der Waals surface area (Å²) >= 11 is 0. The Balaban J connectivity index is 0.00000441. The molecule has 0 aliphatic heterocycles. The van der Waals surface area contributed by atoms with Gasteiger partial charge in [0.2, 0.25) is 5.91 Å². The number of nitrogens with zero attached hydrogens (tertiary/aromatic N) is 1. The van der Waals surface area contributed by atoms with Gasteiger partial charge in [0.25, 0.3) is 0 Å². The molecular weight excluding hydrogens is 391 g/mol. The Morgan fingerprint density at radius 2 is 1.86 bits per heavy atom. The molecule has 1 rings (SSSR count). The molecule has 0 spiro atoms. The van der Waals surface area contributed by atoms with Gasteiger partial charge in [0.1, 0.15) is 0 Å². The molecule has 0 aromatic heterocycles. The fourth-order valence-corrected chi connectivity index (χ4v) is 2.56. The van der Waals surface area contributed by atoms with Gasteiger partial charge in [-0.15, -0.1) is 24.0 Å². The fourth-order valence-electron chi connectivity index (χ4n) is 2.56. The summed E-state index contributed by atoms with van der Waals surface area (Å²) in [4.78, 5) is 16.3. The number of guanidine groups is 1. The number of halogens is 1. The van der Waals surface area contributed by atoms with E-state index in [0.717, 1.165) is 38.3 Å². The van der Waals surface area contributed by atoms with Gasteiger partial charge in [-0.2, -0.15) is 0 Å². The standard InChI is InChI=1S/C16H32N4O.HI/c1-3-5-8-12-18-16(17-4-2)19-13-11-15(21)20-14-9-6-7-10-14;/h14H,3-13H2,1-2H3,(H,20,21)(H2,17,18,19);1H. The second kappa shape index (κ2) is 14.1. The van der Waals surface area contributed by atoms with Gasteiger partial charge in [-0.25, -0.2) is 0 Å². The van der Waals surface area contributed by atoms with E-state index in [1.807, 2.05) is 0 Å². The number of hydrogen-bond donors (Lipinski definition) is 3. The molecule has 6 heteroatoms. The summed E-state index contributed by atoms with van der Waals surface area (Å²) in [5.74, 6) is 0.971. The zero-order valence-corrected chi connectivity index (χ0v) is 16.4. The van der Waals surface area contributed by atoms with E-state index in [4.69, 9.17) is 0 Å². The van der Waals surface area contributed by atoms with Crippen LogP contribution in [0.1, 0.15) is 65.2 Å². The Kier molecular flexibility index (Phi) is 13.7. The number of amides is 1. The summed E-state index contributed by atoms with van der Waals surface area (Å²) in [6.45, 7) is 6.57. The van der Waals surface area contributed by atoms with E-state index in [1.54, 1.807) is 0 Å². The van der Waals surface area contributed by atoms with Crippen LogP contribution >= 0.6 is 24.0 Å². The molecule has 1 amide bonds. The normalized spacial score (nSPS) is 15.3. The Morgan fingerprint density at radius 3 is 2.50 bits per heavy atom. The van der Waals surface area contributed by atoms with Crippen molar-refractivity contribution >= 4 is 35.8 Å². The summed E-state index contributed by atoms with van der Waals surface area (Å²) in [7, 11) is 0. The number of nitrogens with one attached hydrogen (secondary N) is 3. The lowest BCUT2D eigenvalue weighted by molar-refractivity contribution is -0.121. The lowest BCUT2D eigenvalue weighted by atomic mass is 10.2. The lowest BCUT2D eigenvalue weighted by Crippen LogP contribution is -2.40. The Hall–Kier alpha value is -0.530. The SMILES string of the molecule is CCCCCN=C(NCC)NCCC(=O)NC1CCCC1.I. The van der Waals surface area contributed by atoms with Gasteiger partial charge in [-0.3, -0.25) is 9.79 Å². The third kappa shape index (κ3) is 10.2. The van der Waals surface area contributed by atoms with Gasteiger partial charge in [0.05, 0.1) is 0 Å². The van der Waals surface area contributed by atoms with Gasteiger partial charge in [0, 0.05) is 32.1 Å². The average Bonchev–Trinajstić information content (AvgIpc) is 2.96. The highest BCUT2D eigenvalue weighted by Crippen LogP contribution is 2.17. The first kappa shape index (κ1) is 21.5. The minimum Gasteiger partial charge on any atom is -0.357 e. The molecule has 5 nitrogen and oxygen atoms in total. The summed E-state index contributed by atoms with van der Waals surface area (Å²) < 4.78 is 0. The van der Waals surface area contributed by atoms with E-state index in [9.17, 15) is 4.79 Å². The maximum Gasteiger partial charge on any atom is 0.221 e. The summed E-state index contributed by atoms with van der Waals surface area (Å²) in [5, 5.41) is 9.55. The summed E-state index contributed by atoms with van der Waals surface area (Å²) in [5.41, 5.74) is 0. The van der Waals surface area contributed by atoms with Crippen LogP contribution in [0.25, 0.3) is 0 Å². The molecule has 0 radical (unpaired) electrons. The minimum atomic E-state index is 0. The molecule has 22 heavy (non-hydrogen) atoms. The number of unbranched alkanes of at least 4 members (excludes halogenated alkanes) is 2. The maximum absolute atomic E-state index is 11.8. The van der Waals surface area contributed by atoms with Crippen LogP contribution in [0.2, 0.25) is 0 Å². The van der Waals surface area contributed by atoms with E-state index >= 15 is 0 Å². The van der Waals surface area contributed by atoms with Crippen molar-refractivity contribution in [3.63, 3.8) is 0 Å². The zero-order valence-electron chi connectivity index (χ0n) is 14.1. The van der Waals surface area contributed by atoms with E-state index in [2.05, 4.69) is 34.8 Å². The van der Waals surface area contributed by atoms with Crippen LogP contribution in [0, 0.1) is 0 Å². The van der Waals surface area contributed by atoms with Crippen LogP contribution in [0.3, 0.4) is 0 Å². The highest BCUT2D eigenvalue weighted by Gasteiger charge is 2.16. The number of carbonyl (C=O) groups is 1. The summed E-state index contributed by atoms with van der Waals surface area (Å²) in [6, 6.07) is 0.411. The maximum atomic E-state index is 11.8. The first-order chi connectivity index (χ1) is 10.3. The number of rotatable bonds is 9. The van der Waals surface area contributed by atoms with Gasteiger partial charge < -0.3 is 16.0 Å². The molecule has 0 atom stereocenters. The molecular formula is C16H33IN4O. The van der Waals surface area contributed by atoms with Crippen molar-refractivity contribution in [1.29, 1.82) is 0 Å². The van der Waals surface area contributed by atoms with Crippen molar-refractivity contribution in [3.8, 4) is 0 Å². The monoisotopic (exact) mass is 424 g/mol. The molecule has 1 aliphatic rings. The molecule has 0 aromatic rings. The van der Waals surface area contributed by atoms with Crippen molar-refractivity contribution in [2.24, 2.45) is 4.99 Å². The Bertz CT molecular complexity index is 317.